The Morgan fingerprint density at radius 3 is 2.73 bits per heavy atom. The van der Waals surface area contributed by atoms with Gasteiger partial charge in [-0.3, -0.25) is 9.59 Å². The lowest BCUT2D eigenvalue weighted by Gasteiger charge is -2.31. The summed E-state index contributed by atoms with van der Waals surface area (Å²) in [5, 5.41) is 4.85. The quantitative estimate of drug-likeness (QED) is 0.626. The molecule has 0 spiro atoms. The van der Waals surface area contributed by atoms with Gasteiger partial charge in [-0.1, -0.05) is 37.5 Å². The van der Waals surface area contributed by atoms with Crippen LogP contribution in [0.25, 0.3) is 11.0 Å². The van der Waals surface area contributed by atoms with E-state index in [1.807, 2.05) is 58.3 Å². The smallest absolute Gasteiger partial charge is 0.261 e. The summed E-state index contributed by atoms with van der Waals surface area (Å²) in [5.74, 6) is 0.878. The van der Waals surface area contributed by atoms with Crippen LogP contribution in [0.5, 0.6) is 0 Å². The zero-order valence-electron chi connectivity index (χ0n) is 17.3. The van der Waals surface area contributed by atoms with Crippen LogP contribution >= 0.6 is 11.3 Å². The van der Waals surface area contributed by atoms with E-state index in [4.69, 9.17) is 4.98 Å². The van der Waals surface area contributed by atoms with Crippen molar-refractivity contribution in [2.75, 3.05) is 13.6 Å². The summed E-state index contributed by atoms with van der Waals surface area (Å²) < 4.78 is 2.01. The van der Waals surface area contributed by atoms with Crippen molar-refractivity contribution in [3.63, 3.8) is 0 Å². The first-order valence-corrected chi connectivity index (χ1v) is 11.5. The number of hydrogen-bond acceptors (Lipinski definition) is 4. The maximum Gasteiger partial charge on any atom is 0.261 e. The number of para-hydroxylation sites is 2. The van der Waals surface area contributed by atoms with Crippen molar-refractivity contribution in [1.29, 1.82) is 0 Å². The Kier molecular flexibility index (Phi) is 6.47. The first-order valence-electron chi connectivity index (χ1n) is 10.6. The van der Waals surface area contributed by atoms with Gasteiger partial charge < -0.3 is 14.8 Å². The van der Waals surface area contributed by atoms with Gasteiger partial charge in [0.2, 0.25) is 5.91 Å². The van der Waals surface area contributed by atoms with Gasteiger partial charge in [0.25, 0.3) is 5.91 Å². The predicted octanol–water partition coefficient (Wildman–Crippen LogP) is 3.86. The molecule has 1 fully saturated rings. The molecule has 0 atom stereocenters. The molecule has 0 aliphatic heterocycles. The molecule has 30 heavy (non-hydrogen) atoms. The topological polar surface area (TPSA) is 67.2 Å². The molecule has 1 aromatic carbocycles. The van der Waals surface area contributed by atoms with Gasteiger partial charge in [-0.2, -0.15) is 0 Å². The Balaban J connectivity index is 1.47. The number of imidazole rings is 1. The minimum Gasteiger partial charge on any atom is -0.351 e. The molecule has 7 heteroatoms. The van der Waals surface area contributed by atoms with E-state index in [0.717, 1.165) is 29.7 Å². The van der Waals surface area contributed by atoms with Crippen molar-refractivity contribution in [2.45, 2.75) is 51.1 Å². The molecule has 0 bridgehead atoms. The van der Waals surface area contributed by atoms with E-state index in [0.29, 0.717) is 23.9 Å². The third-order valence-corrected chi connectivity index (χ3v) is 6.79. The molecule has 0 unspecified atom stereocenters. The highest BCUT2D eigenvalue weighted by molar-refractivity contribution is 7.12. The molecule has 2 heterocycles. The summed E-state index contributed by atoms with van der Waals surface area (Å²) in [4.78, 5) is 32.6. The maximum absolute atomic E-state index is 13.1. The average Bonchev–Trinajstić information content (AvgIpc) is 3.43. The molecule has 4 rings (SSSR count). The number of carbonyl (C=O) groups is 2. The number of thiophene rings is 1. The SMILES string of the molecule is CN(C(=O)Cn1c(CCNC(=O)c2cccs2)nc2ccccc21)C1CCCCC1. The van der Waals surface area contributed by atoms with Crippen LogP contribution in [0.3, 0.4) is 0 Å². The highest BCUT2D eigenvalue weighted by Crippen LogP contribution is 2.23. The lowest BCUT2D eigenvalue weighted by Crippen LogP contribution is -2.40. The minimum atomic E-state index is -0.0687. The highest BCUT2D eigenvalue weighted by atomic mass is 32.1. The predicted molar refractivity (Wildman–Crippen MR) is 120 cm³/mol. The largest absolute Gasteiger partial charge is 0.351 e. The zero-order chi connectivity index (χ0) is 20.9. The Hall–Kier alpha value is -2.67. The number of fused-ring (bicyclic) bond motifs is 1. The van der Waals surface area contributed by atoms with E-state index in [2.05, 4.69) is 5.32 Å². The Morgan fingerprint density at radius 1 is 1.17 bits per heavy atom. The third-order valence-electron chi connectivity index (χ3n) is 5.92. The standard InChI is InChI=1S/C23H28N4O2S/c1-26(17-8-3-2-4-9-17)22(28)16-27-19-11-6-5-10-18(19)25-21(27)13-14-24-23(29)20-12-7-15-30-20/h5-7,10-12,15,17H,2-4,8-9,13-14,16H2,1H3,(H,24,29). The second kappa shape index (κ2) is 9.43. The molecule has 2 aromatic heterocycles. The summed E-state index contributed by atoms with van der Waals surface area (Å²) in [6.07, 6.45) is 6.43. The van der Waals surface area contributed by atoms with E-state index < -0.39 is 0 Å². The van der Waals surface area contributed by atoms with E-state index in [-0.39, 0.29) is 18.4 Å². The van der Waals surface area contributed by atoms with Gasteiger partial charge in [0.1, 0.15) is 12.4 Å². The fourth-order valence-corrected chi connectivity index (χ4v) is 4.83. The molecule has 1 aliphatic carbocycles. The van der Waals surface area contributed by atoms with Gasteiger partial charge in [0, 0.05) is 26.1 Å². The van der Waals surface area contributed by atoms with Gasteiger partial charge in [0.05, 0.1) is 15.9 Å². The van der Waals surface area contributed by atoms with E-state index in [9.17, 15) is 9.59 Å². The number of aromatic nitrogens is 2. The van der Waals surface area contributed by atoms with Crippen molar-refractivity contribution < 1.29 is 9.59 Å². The van der Waals surface area contributed by atoms with E-state index in [1.165, 1.54) is 30.6 Å². The van der Waals surface area contributed by atoms with Gasteiger partial charge >= 0.3 is 0 Å². The van der Waals surface area contributed by atoms with E-state index >= 15 is 0 Å². The van der Waals surface area contributed by atoms with Crippen molar-refractivity contribution >= 4 is 34.2 Å². The number of benzene rings is 1. The van der Waals surface area contributed by atoms with Crippen LogP contribution in [-0.2, 0) is 17.8 Å². The molecule has 6 nitrogen and oxygen atoms in total. The Bertz CT molecular complexity index is 1010. The Labute approximate surface area is 180 Å². The van der Waals surface area contributed by atoms with Crippen LogP contribution in [0.4, 0.5) is 0 Å². The maximum atomic E-state index is 13.1. The van der Waals surface area contributed by atoms with Crippen LogP contribution in [0.15, 0.2) is 41.8 Å². The molecule has 2 amide bonds. The number of amides is 2. The normalized spacial score (nSPS) is 14.7. The number of nitrogens with one attached hydrogen (secondary N) is 1. The summed E-state index contributed by atoms with van der Waals surface area (Å²) in [6, 6.07) is 11.9. The fourth-order valence-electron chi connectivity index (χ4n) is 4.19. The number of rotatable bonds is 7. The summed E-state index contributed by atoms with van der Waals surface area (Å²) in [7, 11) is 1.93. The summed E-state index contributed by atoms with van der Waals surface area (Å²) in [6.45, 7) is 0.758. The zero-order valence-corrected chi connectivity index (χ0v) is 18.2. The number of carbonyl (C=O) groups excluding carboxylic acids is 2. The van der Waals surface area contributed by atoms with Crippen LogP contribution in [0.2, 0.25) is 0 Å². The first kappa shape index (κ1) is 20.6. The van der Waals surface area contributed by atoms with Crippen LogP contribution < -0.4 is 5.32 Å². The van der Waals surface area contributed by atoms with Crippen molar-refractivity contribution in [1.82, 2.24) is 19.8 Å². The van der Waals surface area contributed by atoms with Crippen molar-refractivity contribution in [3.8, 4) is 0 Å². The second-order valence-corrected chi connectivity index (χ2v) is 8.83. The average molecular weight is 425 g/mol. The third kappa shape index (κ3) is 4.56. The van der Waals surface area contributed by atoms with Crippen molar-refractivity contribution in [2.24, 2.45) is 0 Å². The molecular weight excluding hydrogens is 396 g/mol. The van der Waals surface area contributed by atoms with Gasteiger partial charge in [-0.15, -0.1) is 11.3 Å². The van der Waals surface area contributed by atoms with Crippen LogP contribution in [0.1, 0.15) is 47.6 Å². The molecule has 1 aliphatic rings. The summed E-state index contributed by atoms with van der Waals surface area (Å²) in [5.41, 5.74) is 1.84. The molecule has 158 valence electrons. The first-order chi connectivity index (χ1) is 14.6. The lowest BCUT2D eigenvalue weighted by molar-refractivity contribution is -0.133. The van der Waals surface area contributed by atoms with Crippen molar-refractivity contribution in [3.05, 3.63) is 52.5 Å². The molecule has 1 saturated carbocycles. The van der Waals surface area contributed by atoms with Gasteiger partial charge in [-0.25, -0.2) is 4.98 Å². The lowest BCUT2D eigenvalue weighted by atomic mass is 9.94. The number of hydrogen-bond donors (Lipinski definition) is 1. The fraction of sp³-hybridized carbons (Fsp3) is 0.435. The minimum absolute atomic E-state index is 0.0687. The van der Waals surface area contributed by atoms with Crippen LogP contribution in [0, 0.1) is 0 Å². The molecule has 1 N–H and O–H groups in total. The van der Waals surface area contributed by atoms with Gasteiger partial charge in [0.15, 0.2) is 0 Å². The molecular formula is C23H28N4O2S. The molecule has 0 saturated heterocycles. The van der Waals surface area contributed by atoms with E-state index in [1.54, 1.807) is 0 Å². The number of likely N-dealkylation sites (N-methyl/N-ethyl adjacent to an activating group) is 1. The van der Waals surface area contributed by atoms with Crippen LogP contribution in [-0.4, -0.2) is 45.9 Å². The molecule has 0 radical (unpaired) electrons. The Morgan fingerprint density at radius 2 is 1.97 bits per heavy atom. The number of nitrogens with zero attached hydrogens (tertiary/aromatic N) is 3. The monoisotopic (exact) mass is 424 g/mol. The molecule has 3 aromatic rings. The summed E-state index contributed by atoms with van der Waals surface area (Å²) >= 11 is 1.43. The second-order valence-electron chi connectivity index (χ2n) is 7.88. The van der Waals surface area contributed by atoms with Gasteiger partial charge in [-0.05, 0) is 36.4 Å². The highest BCUT2D eigenvalue weighted by Gasteiger charge is 2.23.